The van der Waals surface area contributed by atoms with Crippen LogP contribution in [0.5, 0.6) is 5.75 Å². The molecule has 0 spiro atoms. The number of halogens is 1. The van der Waals surface area contributed by atoms with Gasteiger partial charge >= 0.3 is 0 Å². The highest BCUT2D eigenvalue weighted by Crippen LogP contribution is 2.17. The molecule has 1 N–H and O–H groups in total. The molecule has 0 saturated carbocycles. The van der Waals surface area contributed by atoms with Crippen molar-refractivity contribution >= 4 is 17.5 Å². The van der Waals surface area contributed by atoms with Gasteiger partial charge in [-0.15, -0.1) is 0 Å². The number of hydrogen-bond acceptors (Lipinski definition) is 5. The Balaban J connectivity index is 1.55. The van der Waals surface area contributed by atoms with Crippen LogP contribution in [0.1, 0.15) is 18.4 Å². The number of carbonyl (C=O) groups is 1. The van der Waals surface area contributed by atoms with Crippen LogP contribution in [0.2, 0.25) is 5.15 Å². The molecule has 1 aliphatic rings. The Hall–Kier alpha value is -2.38. The largest absolute Gasteiger partial charge is 0.497 e. The number of likely N-dealkylation sites (tertiary alicyclic amines) is 1. The van der Waals surface area contributed by atoms with Crippen LogP contribution in [-0.2, 0) is 17.9 Å². The third kappa shape index (κ3) is 5.55. The minimum atomic E-state index is -0.349. The van der Waals surface area contributed by atoms with E-state index >= 15 is 0 Å². The smallest absolute Gasteiger partial charge is 0.267 e. The predicted octanol–water partition coefficient (Wildman–Crippen LogP) is 1.69. The van der Waals surface area contributed by atoms with Crippen molar-refractivity contribution in [2.75, 3.05) is 20.2 Å². The number of hydrogen-bond donors (Lipinski definition) is 1. The Bertz CT molecular complexity index is 855. The molecule has 3 rings (SSSR count). The summed E-state index contributed by atoms with van der Waals surface area (Å²) in [5, 5.41) is 7.07. The van der Waals surface area contributed by atoms with Gasteiger partial charge in [-0.05, 0) is 43.1 Å². The summed E-state index contributed by atoms with van der Waals surface area (Å²) >= 11 is 5.79. The standard InChI is InChI=1S/C19H23ClN4O3/c1-27-16-6-2-4-14(10-16)11-23-9-3-5-15(12-23)21-18(25)13-24-19(26)8-7-17(20)22-24/h2,4,6-8,10,15H,3,5,9,11-13H2,1H3,(H,21,25). The quantitative estimate of drug-likeness (QED) is 0.812. The SMILES string of the molecule is COc1cccc(CN2CCCC(NC(=O)Cn3nc(Cl)ccc3=O)C2)c1. The number of piperidine rings is 1. The molecule has 1 aromatic carbocycles. The van der Waals surface area contributed by atoms with E-state index in [9.17, 15) is 9.59 Å². The summed E-state index contributed by atoms with van der Waals surface area (Å²) in [6.45, 7) is 2.42. The molecule has 2 aromatic rings. The van der Waals surface area contributed by atoms with Crippen LogP contribution >= 0.6 is 11.6 Å². The van der Waals surface area contributed by atoms with Crippen molar-refractivity contribution < 1.29 is 9.53 Å². The van der Waals surface area contributed by atoms with Crippen LogP contribution < -0.4 is 15.6 Å². The Morgan fingerprint density at radius 3 is 3.04 bits per heavy atom. The zero-order valence-corrected chi connectivity index (χ0v) is 16.0. The summed E-state index contributed by atoms with van der Waals surface area (Å²) < 4.78 is 6.35. The molecule has 7 nitrogen and oxygen atoms in total. The molecule has 1 unspecified atom stereocenters. The lowest BCUT2D eigenvalue weighted by atomic mass is 10.0. The van der Waals surface area contributed by atoms with Crippen molar-refractivity contribution in [1.29, 1.82) is 0 Å². The van der Waals surface area contributed by atoms with Gasteiger partial charge in [0.15, 0.2) is 0 Å². The maximum absolute atomic E-state index is 12.3. The van der Waals surface area contributed by atoms with E-state index in [1.54, 1.807) is 7.11 Å². The fourth-order valence-electron chi connectivity index (χ4n) is 3.29. The molecule has 0 aliphatic carbocycles. The second kappa shape index (κ2) is 9.01. The molecule has 8 heteroatoms. The first-order valence-electron chi connectivity index (χ1n) is 8.92. The monoisotopic (exact) mass is 390 g/mol. The van der Waals surface area contributed by atoms with Gasteiger partial charge in [0, 0.05) is 25.2 Å². The highest BCUT2D eigenvalue weighted by atomic mass is 35.5. The minimum Gasteiger partial charge on any atom is -0.497 e. The van der Waals surface area contributed by atoms with Crippen molar-refractivity contribution in [1.82, 2.24) is 20.0 Å². The zero-order valence-electron chi connectivity index (χ0n) is 15.2. The van der Waals surface area contributed by atoms with Crippen LogP contribution in [0.3, 0.4) is 0 Å². The molecule has 1 fully saturated rings. The van der Waals surface area contributed by atoms with Crippen LogP contribution in [0.25, 0.3) is 0 Å². The first-order valence-corrected chi connectivity index (χ1v) is 9.29. The fraction of sp³-hybridized carbons (Fsp3) is 0.421. The Morgan fingerprint density at radius 1 is 1.37 bits per heavy atom. The molecule has 1 amide bonds. The average Bonchev–Trinajstić information content (AvgIpc) is 2.65. The van der Waals surface area contributed by atoms with E-state index in [4.69, 9.17) is 16.3 Å². The van der Waals surface area contributed by atoms with Crippen molar-refractivity contribution in [3.8, 4) is 5.75 Å². The van der Waals surface area contributed by atoms with Gasteiger partial charge < -0.3 is 10.1 Å². The third-order valence-corrected chi connectivity index (χ3v) is 4.74. The normalized spacial score (nSPS) is 17.5. The minimum absolute atomic E-state index is 0.0479. The fourth-order valence-corrected chi connectivity index (χ4v) is 3.45. The van der Waals surface area contributed by atoms with E-state index in [1.807, 2.05) is 18.2 Å². The van der Waals surface area contributed by atoms with Crippen molar-refractivity contribution in [3.05, 3.63) is 57.5 Å². The summed E-state index contributed by atoms with van der Waals surface area (Å²) in [6, 6.07) is 10.8. The van der Waals surface area contributed by atoms with Crippen molar-refractivity contribution in [3.63, 3.8) is 0 Å². The predicted molar refractivity (Wildman–Crippen MR) is 103 cm³/mol. The van der Waals surface area contributed by atoms with Crippen molar-refractivity contribution in [2.24, 2.45) is 0 Å². The maximum atomic E-state index is 12.3. The van der Waals surface area contributed by atoms with Crippen LogP contribution in [0, 0.1) is 0 Å². The summed E-state index contributed by atoms with van der Waals surface area (Å²) in [6.07, 6.45) is 1.92. The number of rotatable bonds is 6. The van der Waals surface area contributed by atoms with E-state index in [0.29, 0.717) is 0 Å². The Labute approximate surface area is 162 Å². The van der Waals surface area contributed by atoms with Gasteiger partial charge in [0.05, 0.1) is 7.11 Å². The van der Waals surface area contributed by atoms with Crippen LogP contribution in [-0.4, -0.2) is 46.8 Å². The van der Waals surface area contributed by atoms with Gasteiger partial charge in [-0.2, -0.15) is 5.10 Å². The van der Waals surface area contributed by atoms with Crippen LogP contribution in [0.4, 0.5) is 0 Å². The third-order valence-electron chi connectivity index (χ3n) is 4.54. The van der Waals surface area contributed by atoms with Gasteiger partial charge in [0.25, 0.3) is 5.56 Å². The molecule has 27 heavy (non-hydrogen) atoms. The summed E-state index contributed by atoms with van der Waals surface area (Å²) in [4.78, 5) is 26.4. The summed E-state index contributed by atoms with van der Waals surface area (Å²) in [5.74, 6) is 0.605. The number of ether oxygens (including phenoxy) is 1. The first-order chi connectivity index (χ1) is 13.0. The van der Waals surface area contributed by atoms with Crippen molar-refractivity contribution in [2.45, 2.75) is 32.0 Å². The molecule has 144 valence electrons. The summed E-state index contributed by atoms with van der Waals surface area (Å²) in [7, 11) is 1.66. The average molecular weight is 391 g/mol. The molecule has 1 aliphatic heterocycles. The van der Waals surface area contributed by atoms with E-state index in [-0.39, 0.29) is 29.2 Å². The second-order valence-electron chi connectivity index (χ2n) is 6.65. The number of nitrogens with zero attached hydrogens (tertiary/aromatic N) is 3. The maximum Gasteiger partial charge on any atom is 0.267 e. The molecular formula is C19H23ClN4O3. The molecule has 0 bridgehead atoms. The first kappa shape index (κ1) is 19.4. The van der Waals surface area contributed by atoms with Gasteiger partial charge in [0.2, 0.25) is 5.91 Å². The number of methoxy groups -OCH3 is 1. The highest BCUT2D eigenvalue weighted by Gasteiger charge is 2.22. The lowest BCUT2D eigenvalue weighted by Gasteiger charge is -2.33. The number of nitrogens with one attached hydrogen (secondary N) is 1. The topological polar surface area (TPSA) is 76.5 Å². The number of amides is 1. The van der Waals surface area contributed by atoms with Gasteiger partial charge in [-0.3, -0.25) is 14.5 Å². The molecule has 1 saturated heterocycles. The molecule has 1 aromatic heterocycles. The number of aromatic nitrogens is 2. The molecule has 2 heterocycles. The molecule has 1 atom stereocenters. The van der Waals surface area contributed by atoms with E-state index < -0.39 is 0 Å². The Morgan fingerprint density at radius 2 is 2.22 bits per heavy atom. The van der Waals surface area contributed by atoms with Gasteiger partial charge in [-0.25, -0.2) is 4.68 Å². The lowest BCUT2D eigenvalue weighted by Crippen LogP contribution is -2.48. The van der Waals surface area contributed by atoms with E-state index in [1.165, 1.54) is 17.7 Å². The Kier molecular flexibility index (Phi) is 6.47. The van der Waals surface area contributed by atoms with Gasteiger partial charge in [0.1, 0.15) is 17.4 Å². The van der Waals surface area contributed by atoms with E-state index in [2.05, 4.69) is 21.4 Å². The number of benzene rings is 1. The van der Waals surface area contributed by atoms with Gasteiger partial charge in [-0.1, -0.05) is 23.7 Å². The number of carbonyl (C=O) groups excluding carboxylic acids is 1. The highest BCUT2D eigenvalue weighted by molar-refractivity contribution is 6.29. The molecular weight excluding hydrogens is 368 g/mol. The van der Waals surface area contributed by atoms with E-state index in [0.717, 1.165) is 42.9 Å². The lowest BCUT2D eigenvalue weighted by molar-refractivity contribution is -0.123. The zero-order chi connectivity index (χ0) is 19.2. The summed E-state index contributed by atoms with van der Waals surface area (Å²) in [5.41, 5.74) is 0.828. The second-order valence-corrected chi connectivity index (χ2v) is 7.03. The van der Waals surface area contributed by atoms with Crippen LogP contribution in [0.15, 0.2) is 41.2 Å². The molecule has 0 radical (unpaired) electrons.